The van der Waals surface area contributed by atoms with Crippen LogP contribution >= 0.6 is 11.3 Å². The third-order valence-corrected chi connectivity index (χ3v) is 12.2. The predicted octanol–water partition coefficient (Wildman–Crippen LogP) is 15.0. The molecular formula is C52H35N3OS. The Bertz CT molecular complexity index is 3490. The molecule has 0 spiro atoms. The van der Waals surface area contributed by atoms with Crippen LogP contribution in [0.2, 0.25) is 0 Å². The summed E-state index contributed by atoms with van der Waals surface area (Å²) in [5.41, 5.74) is 11.2. The fourth-order valence-corrected chi connectivity index (χ4v) is 9.71. The molecule has 0 radical (unpaired) electrons. The third-order valence-electron chi connectivity index (χ3n) is 11.0. The van der Waals surface area contributed by atoms with Crippen LogP contribution in [-0.2, 0) is 0 Å². The van der Waals surface area contributed by atoms with Crippen LogP contribution in [0.15, 0.2) is 180 Å². The van der Waals surface area contributed by atoms with E-state index in [1.807, 2.05) is 13.8 Å². The quantitative estimate of drug-likeness (QED) is 0.180. The normalized spacial score (nSPS) is 11.7. The molecule has 0 saturated carbocycles. The first-order valence-electron chi connectivity index (χ1n) is 19.5. The molecule has 8 aromatic carbocycles. The Balaban J connectivity index is 0.00000184. The number of hydrogen-bond donors (Lipinski definition) is 0. The van der Waals surface area contributed by atoms with Crippen molar-refractivity contribution in [2.24, 2.45) is 0 Å². The Morgan fingerprint density at radius 1 is 0.509 bits per heavy atom. The zero-order valence-electron chi connectivity index (χ0n) is 31.4. The molecule has 4 heterocycles. The number of nitrogens with zero attached hydrogens (tertiary/aromatic N) is 3. The van der Waals surface area contributed by atoms with Crippen molar-refractivity contribution in [3.63, 3.8) is 0 Å². The van der Waals surface area contributed by atoms with Gasteiger partial charge in [0.15, 0.2) is 0 Å². The Labute approximate surface area is 332 Å². The number of hydrogen-bond acceptors (Lipinski definition) is 4. The van der Waals surface area contributed by atoms with Crippen molar-refractivity contribution in [3.05, 3.63) is 176 Å². The summed E-state index contributed by atoms with van der Waals surface area (Å²) < 4.78 is 11.4. The minimum atomic E-state index is 0.637. The summed E-state index contributed by atoms with van der Waals surface area (Å²) in [5.74, 6) is 0.637. The highest BCUT2D eigenvalue weighted by Crippen LogP contribution is 2.45. The summed E-state index contributed by atoms with van der Waals surface area (Å²) in [6, 6.07) is 62.3. The minimum absolute atomic E-state index is 0.637. The van der Waals surface area contributed by atoms with Crippen LogP contribution in [0.5, 0.6) is 0 Å². The largest absolute Gasteiger partial charge is 0.455 e. The van der Waals surface area contributed by atoms with Crippen molar-refractivity contribution >= 4 is 86.2 Å². The number of aromatic nitrogens is 3. The highest BCUT2D eigenvalue weighted by molar-refractivity contribution is 7.26. The molecule has 0 saturated heterocycles. The van der Waals surface area contributed by atoms with E-state index in [2.05, 4.69) is 180 Å². The van der Waals surface area contributed by atoms with Crippen molar-refractivity contribution in [1.82, 2.24) is 14.5 Å². The second-order valence-electron chi connectivity index (χ2n) is 14.1. The van der Waals surface area contributed by atoms with Gasteiger partial charge in [0.1, 0.15) is 11.2 Å². The molecule has 0 N–H and O–H groups in total. The van der Waals surface area contributed by atoms with E-state index < -0.39 is 0 Å². The zero-order valence-corrected chi connectivity index (χ0v) is 32.2. The van der Waals surface area contributed by atoms with Crippen molar-refractivity contribution in [2.75, 3.05) is 0 Å². The second kappa shape index (κ2) is 13.3. The van der Waals surface area contributed by atoms with E-state index in [4.69, 9.17) is 14.4 Å². The first kappa shape index (κ1) is 33.3. The maximum Gasteiger partial charge on any atom is 0.235 e. The van der Waals surface area contributed by atoms with Gasteiger partial charge in [0.2, 0.25) is 5.95 Å². The fraction of sp³-hybridized carbons (Fsp3) is 0.0385. The molecule has 0 fully saturated rings. The van der Waals surface area contributed by atoms with Gasteiger partial charge >= 0.3 is 0 Å². The molecule has 12 aromatic rings. The van der Waals surface area contributed by atoms with E-state index in [1.54, 1.807) is 11.3 Å². The topological polar surface area (TPSA) is 43.9 Å². The van der Waals surface area contributed by atoms with Crippen molar-refractivity contribution < 1.29 is 4.42 Å². The minimum Gasteiger partial charge on any atom is -0.455 e. The molecule has 4 aromatic heterocycles. The molecule has 0 aliphatic heterocycles. The lowest BCUT2D eigenvalue weighted by atomic mass is 9.98. The Kier molecular flexibility index (Phi) is 7.76. The molecule has 0 amide bonds. The molecule has 4 nitrogen and oxygen atoms in total. The van der Waals surface area contributed by atoms with E-state index in [0.29, 0.717) is 5.95 Å². The molecular weight excluding hydrogens is 715 g/mol. The number of furan rings is 1. The smallest absolute Gasteiger partial charge is 0.235 e. The van der Waals surface area contributed by atoms with E-state index in [9.17, 15) is 0 Å². The Morgan fingerprint density at radius 3 is 2.02 bits per heavy atom. The van der Waals surface area contributed by atoms with Gasteiger partial charge in [-0.05, 0) is 46.2 Å². The SMILES string of the molecule is CC.c1ccc(-c2ccc3c(c2)c2cccc(-c4cccc5c4oc4ccc6ccccc6c45)c2n3-c2nc(-c3ccccc3)c3sc4ccccc4c3n2)cc1. The van der Waals surface area contributed by atoms with E-state index in [-0.39, 0.29) is 0 Å². The monoisotopic (exact) mass is 749 g/mol. The van der Waals surface area contributed by atoms with Crippen LogP contribution in [-0.4, -0.2) is 14.5 Å². The molecule has 0 aliphatic carbocycles. The first-order chi connectivity index (χ1) is 28.3. The maximum atomic E-state index is 6.82. The van der Waals surface area contributed by atoms with Crippen molar-refractivity contribution in [1.29, 1.82) is 0 Å². The first-order valence-corrected chi connectivity index (χ1v) is 20.3. The van der Waals surface area contributed by atoms with Gasteiger partial charge in [0.25, 0.3) is 0 Å². The summed E-state index contributed by atoms with van der Waals surface area (Å²) in [6.45, 7) is 4.00. The third kappa shape index (κ3) is 5.13. The molecule has 0 unspecified atom stereocenters. The lowest BCUT2D eigenvalue weighted by Gasteiger charge is -2.13. The molecule has 57 heavy (non-hydrogen) atoms. The Morgan fingerprint density at radius 2 is 1.19 bits per heavy atom. The standard InChI is InChI=1S/C50H29N3OS.C2H6/c1-3-13-30(14-4-1)33-25-27-41-40(29-33)36-21-11-20-35(37-22-12-23-39-44-34-18-8-7-15-31(34)26-28-42(44)54-48(37)39)47(36)53(41)50-51-45(32-16-5-2-6-17-32)49-46(52-50)38-19-9-10-24-43(38)55-49;1-2/h1-29H;1-2H3. The summed E-state index contributed by atoms with van der Waals surface area (Å²) in [5, 5.41) is 8.03. The summed E-state index contributed by atoms with van der Waals surface area (Å²) >= 11 is 1.75. The average Bonchev–Trinajstić information content (AvgIpc) is 3.97. The van der Waals surface area contributed by atoms with Crippen LogP contribution in [0.3, 0.4) is 0 Å². The zero-order chi connectivity index (χ0) is 38.0. The van der Waals surface area contributed by atoms with Crippen LogP contribution < -0.4 is 0 Å². The van der Waals surface area contributed by atoms with Crippen LogP contribution in [0.4, 0.5) is 0 Å². The Hall–Kier alpha value is -7.08. The van der Waals surface area contributed by atoms with Gasteiger partial charge in [-0.25, -0.2) is 9.97 Å². The molecule has 270 valence electrons. The van der Waals surface area contributed by atoms with Gasteiger partial charge in [0.05, 0.1) is 26.9 Å². The average molecular weight is 750 g/mol. The molecule has 0 aliphatic rings. The van der Waals surface area contributed by atoms with Crippen molar-refractivity contribution in [2.45, 2.75) is 13.8 Å². The van der Waals surface area contributed by atoms with Crippen LogP contribution in [0, 0.1) is 0 Å². The lowest BCUT2D eigenvalue weighted by molar-refractivity contribution is 0.670. The lowest BCUT2D eigenvalue weighted by Crippen LogP contribution is -2.03. The van der Waals surface area contributed by atoms with E-state index >= 15 is 0 Å². The second-order valence-corrected chi connectivity index (χ2v) is 15.1. The van der Waals surface area contributed by atoms with E-state index in [1.165, 1.54) is 21.0 Å². The number of benzene rings is 8. The molecule has 0 atom stereocenters. The van der Waals surface area contributed by atoms with Crippen LogP contribution in [0.1, 0.15) is 13.8 Å². The summed E-state index contributed by atoms with van der Waals surface area (Å²) in [6.07, 6.45) is 0. The van der Waals surface area contributed by atoms with Gasteiger partial charge in [-0.1, -0.05) is 166 Å². The van der Waals surface area contributed by atoms with Gasteiger partial charge in [-0.2, -0.15) is 0 Å². The maximum absolute atomic E-state index is 6.82. The van der Waals surface area contributed by atoms with Gasteiger partial charge < -0.3 is 4.42 Å². The van der Waals surface area contributed by atoms with Crippen molar-refractivity contribution in [3.8, 4) is 39.5 Å². The highest BCUT2D eigenvalue weighted by Gasteiger charge is 2.24. The number of fused-ring (bicyclic) bond motifs is 11. The number of para-hydroxylation sites is 2. The fourth-order valence-electron chi connectivity index (χ4n) is 8.56. The van der Waals surface area contributed by atoms with Gasteiger partial charge in [-0.3, -0.25) is 4.57 Å². The highest BCUT2D eigenvalue weighted by atomic mass is 32.1. The van der Waals surface area contributed by atoms with E-state index in [0.717, 1.165) is 87.3 Å². The van der Waals surface area contributed by atoms with Gasteiger partial charge in [0, 0.05) is 48.3 Å². The summed E-state index contributed by atoms with van der Waals surface area (Å²) in [7, 11) is 0. The molecule has 0 bridgehead atoms. The predicted molar refractivity (Wildman–Crippen MR) is 242 cm³/mol. The molecule has 12 rings (SSSR count). The summed E-state index contributed by atoms with van der Waals surface area (Å²) in [4.78, 5) is 11.0. The van der Waals surface area contributed by atoms with Gasteiger partial charge in [-0.15, -0.1) is 11.3 Å². The molecule has 5 heteroatoms. The number of thiophene rings is 1. The van der Waals surface area contributed by atoms with Crippen LogP contribution in [0.25, 0.3) is 114 Å². The number of rotatable bonds is 4.